The Bertz CT molecular complexity index is 1290. The van der Waals surface area contributed by atoms with Crippen LogP contribution in [-0.2, 0) is 10.0 Å². The Kier molecular flexibility index (Phi) is 5.85. The second-order valence-electron chi connectivity index (χ2n) is 9.17. The zero-order valence-corrected chi connectivity index (χ0v) is 20.3. The van der Waals surface area contributed by atoms with Gasteiger partial charge in [-0.25, -0.2) is 18.1 Å². The molecular formula is C23H28N4O3S2. The number of thioether (sulfide) groups is 1. The molecule has 0 bridgehead atoms. The van der Waals surface area contributed by atoms with Crippen molar-refractivity contribution < 1.29 is 13.2 Å². The molecule has 0 saturated heterocycles. The normalized spacial score (nSPS) is 15.1. The Hall–Kier alpha value is -2.36. The average Bonchev–Trinajstić information content (AvgIpc) is 2.99. The van der Waals surface area contributed by atoms with Gasteiger partial charge in [0, 0.05) is 28.1 Å². The predicted molar refractivity (Wildman–Crippen MR) is 128 cm³/mol. The number of aromatic nitrogens is 2. The first-order valence-corrected chi connectivity index (χ1v) is 13.2. The second kappa shape index (κ2) is 8.20. The molecule has 2 aromatic heterocycles. The Morgan fingerprint density at radius 2 is 1.88 bits per heavy atom. The van der Waals surface area contributed by atoms with E-state index in [1.807, 2.05) is 18.5 Å². The van der Waals surface area contributed by atoms with Crippen LogP contribution in [0.25, 0.3) is 22.3 Å². The number of nitrogens with zero attached hydrogens (tertiary/aromatic N) is 2. The van der Waals surface area contributed by atoms with Crippen LogP contribution in [0.4, 0.5) is 0 Å². The number of carbonyl (C=O) groups is 1. The van der Waals surface area contributed by atoms with Crippen LogP contribution in [0.1, 0.15) is 56.4 Å². The van der Waals surface area contributed by atoms with Crippen LogP contribution in [-0.4, -0.2) is 35.7 Å². The zero-order chi connectivity index (χ0) is 23.3. The molecular weight excluding hydrogens is 444 g/mol. The number of amides is 1. The molecule has 1 aliphatic carbocycles. The minimum absolute atomic E-state index is 0.172. The summed E-state index contributed by atoms with van der Waals surface area (Å²) < 4.78 is 30.2. The number of hydrogen-bond acceptors (Lipinski definition) is 5. The van der Waals surface area contributed by atoms with Crippen molar-refractivity contribution in [2.45, 2.75) is 61.4 Å². The first-order valence-electron chi connectivity index (χ1n) is 10.5. The van der Waals surface area contributed by atoms with E-state index in [0.717, 1.165) is 40.8 Å². The highest BCUT2D eigenvalue weighted by molar-refractivity contribution is 7.98. The molecule has 1 saturated carbocycles. The maximum absolute atomic E-state index is 12.7. The Morgan fingerprint density at radius 1 is 1.22 bits per heavy atom. The summed E-state index contributed by atoms with van der Waals surface area (Å²) in [5, 5.41) is 0.734. The minimum atomic E-state index is -3.66. The fourth-order valence-corrected chi connectivity index (χ4v) is 5.88. The van der Waals surface area contributed by atoms with Crippen LogP contribution < -0.4 is 10.5 Å². The molecule has 9 heteroatoms. The van der Waals surface area contributed by atoms with Gasteiger partial charge < -0.3 is 10.3 Å². The number of benzene rings is 1. The zero-order valence-electron chi connectivity index (χ0n) is 18.7. The van der Waals surface area contributed by atoms with Crippen molar-refractivity contribution in [2.75, 3.05) is 6.26 Å². The fraction of sp³-hybridized carbons (Fsp3) is 0.391. The van der Waals surface area contributed by atoms with E-state index < -0.39 is 21.5 Å². The summed E-state index contributed by atoms with van der Waals surface area (Å²) in [6.07, 6.45) is 6.89. The van der Waals surface area contributed by atoms with E-state index in [4.69, 9.17) is 5.73 Å². The summed E-state index contributed by atoms with van der Waals surface area (Å²) in [4.78, 5) is 18.4. The highest BCUT2D eigenvalue weighted by Gasteiger charge is 2.30. The van der Waals surface area contributed by atoms with Crippen molar-refractivity contribution in [3.63, 3.8) is 0 Å². The lowest BCUT2D eigenvalue weighted by atomic mass is 9.92. The van der Waals surface area contributed by atoms with Crippen molar-refractivity contribution in [1.29, 1.82) is 0 Å². The predicted octanol–water partition coefficient (Wildman–Crippen LogP) is 4.33. The van der Waals surface area contributed by atoms with Gasteiger partial charge in [0.1, 0.15) is 5.65 Å². The molecule has 4 rings (SSSR count). The molecule has 2 heterocycles. The first kappa shape index (κ1) is 22.8. The van der Waals surface area contributed by atoms with Crippen LogP contribution in [0.3, 0.4) is 0 Å². The molecule has 3 N–H and O–H groups in total. The summed E-state index contributed by atoms with van der Waals surface area (Å²) in [6.45, 7) is 5.39. The molecule has 0 unspecified atom stereocenters. The van der Waals surface area contributed by atoms with Gasteiger partial charge in [-0.2, -0.15) is 0 Å². The van der Waals surface area contributed by atoms with Gasteiger partial charge in [-0.3, -0.25) is 4.79 Å². The molecule has 0 radical (unpaired) electrons. The van der Waals surface area contributed by atoms with E-state index in [2.05, 4.69) is 14.3 Å². The number of primary amides is 1. The summed E-state index contributed by atoms with van der Waals surface area (Å²) in [5.74, 6) is -0.519. The van der Waals surface area contributed by atoms with E-state index in [1.165, 1.54) is 0 Å². The maximum Gasteiger partial charge on any atom is 0.251 e. The van der Waals surface area contributed by atoms with Crippen molar-refractivity contribution >= 4 is 38.7 Å². The Balaban J connectivity index is 1.90. The summed E-state index contributed by atoms with van der Waals surface area (Å²) in [7, 11) is -3.66. The van der Waals surface area contributed by atoms with Crippen LogP contribution in [0.2, 0.25) is 0 Å². The van der Waals surface area contributed by atoms with E-state index in [1.54, 1.807) is 56.8 Å². The molecule has 0 atom stereocenters. The number of sulfonamides is 1. The third kappa shape index (κ3) is 4.16. The lowest BCUT2D eigenvalue weighted by Crippen LogP contribution is -2.40. The number of hydrogen-bond donors (Lipinski definition) is 2. The number of pyridine rings is 1. The van der Waals surface area contributed by atoms with Gasteiger partial charge in [0.05, 0.1) is 16.2 Å². The minimum Gasteiger partial charge on any atom is -0.366 e. The molecule has 1 aromatic carbocycles. The van der Waals surface area contributed by atoms with Crippen LogP contribution in [0.5, 0.6) is 0 Å². The second-order valence-corrected chi connectivity index (χ2v) is 11.7. The number of fused-ring (bicyclic) bond motifs is 1. The Labute approximate surface area is 192 Å². The number of nitrogens with two attached hydrogens (primary N) is 1. The summed E-state index contributed by atoms with van der Waals surface area (Å²) >= 11 is 1.55. The third-order valence-corrected chi connectivity index (χ3v) is 8.09. The van der Waals surface area contributed by atoms with Gasteiger partial charge >= 0.3 is 0 Å². The van der Waals surface area contributed by atoms with E-state index in [-0.39, 0.29) is 10.9 Å². The number of nitrogens with one attached hydrogen (secondary N) is 1. The molecule has 1 aliphatic rings. The molecule has 1 amide bonds. The molecule has 0 spiro atoms. The molecule has 0 aliphatic heterocycles. The highest BCUT2D eigenvalue weighted by atomic mass is 32.2. The number of rotatable bonds is 6. The van der Waals surface area contributed by atoms with Gasteiger partial charge in [0.2, 0.25) is 10.0 Å². The van der Waals surface area contributed by atoms with Crippen LogP contribution in [0.15, 0.2) is 46.3 Å². The SMILES string of the molecule is CSc1cnc2c(c1)c(C(N)=O)c(-c1ccc(S(=O)(=O)NC(C)(C)C)cc1)n2C1CCC1. The highest BCUT2D eigenvalue weighted by Crippen LogP contribution is 2.42. The van der Waals surface area contributed by atoms with Crippen molar-refractivity contribution in [3.05, 3.63) is 42.1 Å². The lowest BCUT2D eigenvalue weighted by molar-refractivity contribution is 0.100. The van der Waals surface area contributed by atoms with Crippen molar-refractivity contribution in [3.8, 4) is 11.3 Å². The molecule has 7 nitrogen and oxygen atoms in total. The van der Waals surface area contributed by atoms with Crippen LogP contribution >= 0.6 is 11.8 Å². The Morgan fingerprint density at radius 3 is 2.38 bits per heavy atom. The lowest BCUT2D eigenvalue weighted by Gasteiger charge is -2.30. The maximum atomic E-state index is 12.7. The topological polar surface area (TPSA) is 107 Å². The van der Waals surface area contributed by atoms with E-state index in [9.17, 15) is 13.2 Å². The van der Waals surface area contributed by atoms with Gasteiger partial charge in [-0.15, -0.1) is 11.8 Å². The van der Waals surface area contributed by atoms with Gasteiger partial charge in [0.15, 0.2) is 0 Å². The quantitative estimate of drug-likeness (QED) is 0.520. The summed E-state index contributed by atoms with van der Waals surface area (Å²) in [5.41, 5.74) is 7.88. The van der Waals surface area contributed by atoms with Crippen LogP contribution in [0, 0.1) is 0 Å². The van der Waals surface area contributed by atoms with Gasteiger partial charge in [0.25, 0.3) is 5.91 Å². The average molecular weight is 473 g/mol. The monoisotopic (exact) mass is 472 g/mol. The van der Waals surface area contributed by atoms with Gasteiger partial charge in [-0.1, -0.05) is 12.1 Å². The molecule has 170 valence electrons. The van der Waals surface area contributed by atoms with Gasteiger partial charge in [-0.05, 0) is 70.1 Å². The summed E-state index contributed by atoms with van der Waals surface area (Å²) in [6, 6.07) is 8.80. The number of carbonyl (C=O) groups excluding carboxylic acids is 1. The smallest absolute Gasteiger partial charge is 0.251 e. The first-order chi connectivity index (χ1) is 15.0. The molecule has 1 fully saturated rings. The fourth-order valence-electron chi connectivity index (χ4n) is 4.07. The third-order valence-electron chi connectivity index (χ3n) is 5.62. The van der Waals surface area contributed by atoms with E-state index >= 15 is 0 Å². The van der Waals surface area contributed by atoms with Crippen molar-refractivity contribution in [1.82, 2.24) is 14.3 Å². The largest absolute Gasteiger partial charge is 0.366 e. The standard InChI is InChI=1S/C23H28N4O3S2/c1-23(2,3)26-32(29,30)17-10-8-14(9-11-17)20-19(21(24)28)18-12-16(31-4)13-25-22(18)27(20)15-6-5-7-15/h8-13,15,26H,5-7H2,1-4H3,(H2,24,28). The molecule has 32 heavy (non-hydrogen) atoms. The molecule has 3 aromatic rings. The van der Waals surface area contributed by atoms with E-state index in [0.29, 0.717) is 11.3 Å². The van der Waals surface area contributed by atoms with Crippen molar-refractivity contribution in [2.24, 2.45) is 5.73 Å².